The third kappa shape index (κ3) is 3.88. The van der Waals surface area contributed by atoms with Crippen LogP contribution in [0, 0.1) is 11.3 Å². The van der Waals surface area contributed by atoms with E-state index in [1.807, 2.05) is 13.8 Å². The van der Waals surface area contributed by atoms with Crippen LogP contribution < -0.4 is 5.69 Å². The summed E-state index contributed by atoms with van der Waals surface area (Å²) in [5.74, 6) is 1.49. The first kappa shape index (κ1) is 15.8. The van der Waals surface area contributed by atoms with Gasteiger partial charge in [-0.25, -0.2) is 9.89 Å². The van der Waals surface area contributed by atoms with Crippen molar-refractivity contribution in [1.82, 2.24) is 14.8 Å². The van der Waals surface area contributed by atoms with Gasteiger partial charge >= 0.3 is 5.69 Å². The van der Waals surface area contributed by atoms with Crippen molar-refractivity contribution in [2.75, 3.05) is 11.1 Å². The Balaban J connectivity index is 2.78. The summed E-state index contributed by atoms with van der Waals surface area (Å²) in [5, 5.41) is 8.36. The zero-order valence-electron chi connectivity index (χ0n) is 11.7. The molecule has 0 aliphatic heterocycles. The molecule has 0 fully saturated rings. The molecule has 1 N–H and O–H groups in total. The molecule has 0 aliphatic carbocycles. The lowest BCUT2D eigenvalue weighted by atomic mass is 9.83. The lowest BCUT2D eigenvalue weighted by molar-refractivity contribution is 0.295. The highest BCUT2D eigenvalue weighted by Gasteiger charge is 2.24. The summed E-state index contributed by atoms with van der Waals surface area (Å²) in [4.78, 5) is 11.6. The van der Waals surface area contributed by atoms with Crippen molar-refractivity contribution in [3.63, 3.8) is 0 Å². The first-order valence-electron chi connectivity index (χ1n) is 6.13. The summed E-state index contributed by atoms with van der Waals surface area (Å²) in [6, 6.07) is 0.135. The smallest absolute Gasteiger partial charge is 0.268 e. The maximum absolute atomic E-state index is 11.6. The molecule has 104 valence electrons. The Morgan fingerprint density at radius 3 is 2.50 bits per heavy atom. The van der Waals surface area contributed by atoms with Crippen molar-refractivity contribution < 1.29 is 0 Å². The fourth-order valence-corrected chi connectivity index (χ4v) is 4.56. The Hall–Kier alpha value is -0.230. The maximum Gasteiger partial charge on any atom is 0.344 e. The second kappa shape index (κ2) is 6.28. The maximum atomic E-state index is 11.6. The molecule has 0 radical (unpaired) electrons. The van der Waals surface area contributed by atoms with Crippen LogP contribution in [-0.2, 0) is 0 Å². The van der Waals surface area contributed by atoms with E-state index in [-0.39, 0.29) is 17.1 Å². The monoisotopic (exact) mass is 335 g/mol. The number of H-pyrrole nitrogens is 1. The summed E-state index contributed by atoms with van der Waals surface area (Å²) in [6.07, 6.45) is 0. The van der Waals surface area contributed by atoms with E-state index in [9.17, 15) is 4.79 Å². The number of rotatable bonds is 5. The number of aromatic nitrogens is 3. The molecule has 0 spiro atoms. The van der Waals surface area contributed by atoms with Crippen LogP contribution in [0.15, 0.2) is 9.95 Å². The van der Waals surface area contributed by atoms with Crippen molar-refractivity contribution in [3.05, 3.63) is 10.5 Å². The normalized spacial score (nSPS) is 14.2. The molecule has 1 aromatic heterocycles. The molecule has 4 nitrogen and oxygen atoms in total. The van der Waals surface area contributed by atoms with Gasteiger partial charge in [0.25, 0.3) is 0 Å². The van der Waals surface area contributed by atoms with Gasteiger partial charge in [0.1, 0.15) is 0 Å². The molecule has 1 atom stereocenters. The number of thioether (sulfide) groups is 1. The van der Waals surface area contributed by atoms with Gasteiger partial charge in [0.05, 0.1) is 0 Å². The highest BCUT2D eigenvalue weighted by Crippen LogP contribution is 2.32. The van der Waals surface area contributed by atoms with E-state index in [1.165, 1.54) is 0 Å². The Morgan fingerprint density at radius 1 is 1.44 bits per heavy atom. The summed E-state index contributed by atoms with van der Waals surface area (Å²) in [5.41, 5.74) is 0.120. The van der Waals surface area contributed by atoms with Gasteiger partial charge in [-0.05, 0) is 25.2 Å². The highest BCUT2D eigenvalue weighted by atomic mass is 79.9. The van der Waals surface area contributed by atoms with E-state index in [0.717, 1.165) is 16.2 Å². The van der Waals surface area contributed by atoms with Gasteiger partial charge in [0, 0.05) is 17.1 Å². The zero-order valence-corrected chi connectivity index (χ0v) is 14.1. The Labute approximate surface area is 121 Å². The fourth-order valence-electron chi connectivity index (χ4n) is 1.55. The van der Waals surface area contributed by atoms with E-state index in [4.69, 9.17) is 0 Å². The van der Waals surface area contributed by atoms with Gasteiger partial charge < -0.3 is 0 Å². The summed E-state index contributed by atoms with van der Waals surface area (Å²) >= 11 is 5.21. The molecule has 0 amide bonds. The largest absolute Gasteiger partial charge is 0.344 e. The van der Waals surface area contributed by atoms with Crippen molar-refractivity contribution in [2.24, 2.45) is 11.3 Å². The van der Waals surface area contributed by atoms with E-state index in [0.29, 0.717) is 5.92 Å². The molecule has 0 aromatic carbocycles. The zero-order chi connectivity index (χ0) is 13.9. The van der Waals surface area contributed by atoms with Crippen molar-refractivity contribution >= 4 is 27.7 Å². The summed E-state index contributed by atoms with van der Waals surface area (Å²) in [6.45, 7) is 10.7. The average molecular weight is 336 g/mol. The first-order chi connectivity index (χ1) is 8.27. The third-order valence-electron chi connectivity index (χ3n) is 3.01. The highest BCUT2D eigenvalue weighted by molar-refractivity contribution is 9.09. The number of alkyl halides is 1. The van der Waals surface area contributed by atoms with Crippen LogP contribution in [0.25, 0.3) is 0 Å². The standard InChI is InChI=1S/C12H22BrN3OS/c1-8(2)16-10(17)14-15-11(16)18-7-9(6-13)12(3,4)5/h8-9H,6-7H2,1-5H3,(H,14,17). The van der Waals surface area contributed by atoms with E-state index < -0.39 is 0 Å². The lowest BCUT2D eigenvalue weighted by Crippen LogP contribution is -2.24. The van der Waals surface area contributed by atoms with Crippen LogP contribution in [0.5, 0.6) is 0 Å². The number of aromatic amines is 1. The molecule has 1 unspecified atom stereocenters. The quantitative estimate of drug-likeness (QED) is 0.663. The predicted octanol–water partition coefficient (Wildman–Crippen LogP) is 3.30. The van der Waals surface area contributed by atoms with Crippen LogP contribution in [-0.4, -0.2) is 25.8 Å². The number of halogens is 1. The molecule has 1 heterocycles. The number of nitrogens with one attached hydrogen (secondary N) is 1. The van der Waals surface area contributed by atoms with E-state index >= 15 is 0 Å². The van der Waals surface area contributed by atoms with Crippen LogP contribution in [0.4, 0.5) is 0 Å². The van der Waals surface area contributed by atoms with Gasteiger partial charge in [-0.15, -0.1) is 5.10 Å². The van der Waals surface area contributed by atoms with Crippen LogP contribution >= 0.6 is 27.7 Å². The molecular weight excluding hydrogens is 314 g/mol. The molecule has 0 bridgehead atoms. The van der Waals surface area contributed by atoms with Gasteiger partial charge in [0.15, 0.2) is 5.16 Å². The summed E-state index contributed by atoms with van der Waals surface area (Å²) in [7, 11) is 0. The molecular formula is C12H22BrN3OS. The van der Waals surface area contributed by atoms with Crippen LogP contribution in [0.1, 0.15) is 40.7 Å². The predicted molar refractivity (Wildman–Crippen MR) is 80.7 cm³/mol. The Bertz CT molecular complexity index is 433. The Morgan fingerprint density at radius 2 is 2.06 bits per heavy atom. The fraction of sp³-hybridized carbons (Fsp3) is 0.833. The van der Waals surface area contributed by atoms with Crippen molar-refractivity contribution in [3.8, 4) is 0 Å². The lowest BCUT2D eigenvalue weighted by Gasteiger charge is -2.28. The molecule has 0 saturated heterocycles. The molecule has 18 heavy (non-hydrogen) atoms. The third-order valence-corrected chi connectivity index (χ3v) is 4.91. The minimum Gasteiger partial charge on any atom is -0.268 e. The van der Waals surface area contributed by atoms with Gasteiger partial charge in [0.2, 0.25) is 0 Å². The number of nitrogens with zero attached hydrogens (tertiary/aromatic N) is 2. The van der Waals surface area contributed by atoms with E-state index in [1.54, 1.807) is 16.3 Å². The molecule has 1 aromatic rings. The molecule has 0 aliphatic rings. The first-order valence-corrected chi connectivity index (χ1v) is 8.23. The molecule has 0 saturated carbocycles. The minimum absolute atomic E-state index is 0.126. The van der Waals surface area contributed by atoms with Crippen molar-refractivity contribution in [1.29, 1.82) is 0 Å². The van der Waals surface area contributed by atoms with E-state index in [2.05, 4.69) is 46.9 Å². The van der Waals surface area contributed by atoms with Crippen LogP contribution in [0.2, 0.25) is 0 Å². The second-order valence-electron chi connectivity index (χ2n) is 5.80. The van der Waals surface area contributed by atoms with Crippen LogP contribution in [0.3, 0.4) is 0 Å². The Kier molecular flexibility index (Phi) is 5.52. The van der Waals surface area contributed by atoms with Gasteiger partial charge in [-0.3, -0.25) is 4.57 Å². The number of hydrogen-bond donors (Lipinski definition) is 1. The van der Waals surface area contributed by atoms with Gasteiger partial charge in [-0.2, -0.15) is 0 Å². The second-order valence-corrected chi connectivity index (χ2v) is 7.44. The topological polar surface area (TPSA) is 50.7 Å². The molecule has 6 heteroatoms. The minimum atomic E-state index is -0.126. The number of hydrogen-bond acceptors (Lipinski definition) is 3. The molecule has 1 rings (SSSR count). The summed E-state index contributed by atoms with van der Waals surface area (Å²) < 4.78 is 1.71. The van der Waals surface area contributed by atoms with Gasteiger partial charge in [-0.1, -0.05) is 48.5 Å². The SMILES string of the molecule is CC(C)n1c(SCC(CBr)C(C)(C)C)n[nH]c1=O. The average Bonchev–Trinajstić information content (AvgIpc) is 2.58. The van der Waals surface area contributed by atoms with Crippen molar-refractivity contribution in [2.45, 2.75) is 45.8 Å².